The molecule has 1 aromatic rings. The van der Waals surface area contributed by atoms with Crippen molar-refractivity contribution < 1.29 is 4.74 Å². The van der Waals surface area contributed by atoms with Gasteiger partial charge in [0.25, 0.3) is 0 Å². The minimum Gasteiger partial charge on any atom is -0.376 e. The van der Waals surface area contributed by atoms with Gasteiger partial charge in [-0.25, -0.2) is 0 Å². The fourth-order valence-electron chi connectivity index (χ4n) is 3.56. The first kappa shape index (κ1) is 15.5. The zero-order chi connectivity index (χ0) is 14.5. The fraction of sp³-hybridized carbons (Fsp3) is 0.667. The van der Waals surface area contributed by atoms with Crippen LogP contribution in [0.15, 0.2) is 18.2 Å². The Morgan fingerprint density at radius 1 is 1.20 bits per heavy atom. The van der Waals surface area contributed by atoms with Crippen LogP contribution in [0.4, 0.5) is 0 Å². The Labute approximate surface area is 123 Å². The molecule has 2 atom stereocenters. The van der Waals surface area contributed by atoms with Crippen LogP contribution in [0.2, 0.25) is 0 Å². The van der Waals surface area contributed by atoms with Crippen LogP contribution in [0.5, 0.6) is 0 Å². The summed E-state index contributed by atoms with van der Waals surface area (Å²) in [5.41, 5.74) is 10.4. The molecule has 0 aromatic heterocycles. The van der Waals surface area contributed by atoms with Crippen LogP contribution >= 0.6 is 0 Å². The molecular formula is C18H29NO. The second kappa shape index (κ2) is 7.24. The summed E-state index contributed by atoms with van der Waals surface area (Å²) in [4.78, 5) is 0. The summed E-state index contributed by atoms with van der Waals surface area (Å²) in [6.07, 6.45) is 6.73. The van der Waals surface area contributed by atoms with Crippen molar-refractivity contribution in [2.24, 2.45) is 11.7 Å². The van der Waals surface area contributed by atoms with Gasteiger partial charge in [-0.2, -0.15) is 0 Å². The molecule has 0 aliphatic heterocycles. The van der Waals surface area contributed by atoms with Crippen LogP contribution < -0.4 is 5.73 Å². The lowest BCUT2D eigenvalue weighted by Crippen LogP contribution is -2.37. The average Bonchev–Trinajstić information content (AvgIpc) is 2.45. The average molecular weight is 275 g/mol. The van der Waals surface area contributed by atoms with Crippen LogP contribution in [0.3, 0.4) is 0 Å². The summed E-state index contributed by atoms with van der Waals surface area (Å²) < 4.78 is 6.06. The Morgan fingerprint density at radius 3 is 2.50 bits per heavy atom. The molecule has 2 rings (SSSR count). The standard InChI is InChI=1S/C18H29NO/c1-4-20-18(15-8-6-5-7-9-15)17(19)16-11-10-13(2)12-14(16)3/h10-12,15,17-18H,4-9,19H2,1-3H3. The molecule has 0 saturated heterocycles. The van der Waals surface area contributed by atoms with E-state index < -0.39 is 0 Å². The minimum absolute atomic E-state index is 0.00125. The normalized spacial score (nSPS) is 19.8. The van der Waals surface area contributed by atoms with Gasteiger partial charge < -0.3 is 10.5 Å². The molecule has 0 bridgehead atoms. The van der Waals surface area contributed by atoms with E-state index in [0.29, 0.717) is 5.92 Å². The number of nitrogens with two attached hydrogens (primary N) is 1. The maximum Gasteiger partial charge on any atom is 0.0795 e. The van der Waals surface area contributed by atoms with Crippen LogP contribution in [0.25, 0.3) is 0 Å². The van der Waals surface area contributed by atoms with Gasteiger partial charge in [-0.3, -0.25) is 0 Å². The first-order valence-corrected chi connectivity index (χ1v) is 8.07. The minimum atomic E-state index is -0.00125. The molecular weight excluding hydrogens is 246 g/mol. The predicted octanol–water partition coefficient (Wildman–Crippen LogP) is 4.29. The van der Waals surface area contributed by atoms with Crippen molar-refractivity contribution in [3.05, 3.63) is 34.9 Å². The van der Waals surface area contributed by atoms with Crippen LogP contribution in [-0.2, 0) is 4.74 Å². The molecule has 0 heterocycles. The van der Waals surface area contributed by atoms with Crippen molar-refractivity contribution in [1.29, 1.82) is 0 Å². The molecule has 2 unspecified atom stereocenters. The van der Waals surface area contributed by atoms with Crippen molar-refractivity contribution >= 4 is 0 Å². The SMILES string of the molecule is CCOC(C1CCCCC1)C(N)c1ccc(C)cc1C. The lowest BCUT2D eigenvalue weighted by molar-refractivity contribution is -0.00997. The van der Waals surface area contributed by atoms with Crippen molar-refractivity contribution in [2.45, 2.75) is 65.0 Å². The first-order valence-electron chi connectivity index (χ1n) is 8.07. The Bertz CT molecular complexity index is 423. The summed E-state index contributed by atoms with van der Waals surface area (Å²) in [6.45, 7) is 7.11. The lowest BCUT2D eigenvalue weighted by Gasteiger charge is -2.34. The number of aryl methyl sites for hydroxylation is 2. The molecule has 1 aromatic carbocycles. The molecule has 2 heteroatoms. The molecule has 0 radical (unpaired) electrons. The zero-order valence-electron chi connectivity index (χ0n) is 13.2. The van der Waals surface area contributed by atoms with Crippen molar-refractivity contribution in [2.75, 3.05) is 6.61 Å². The van der Waals surface area contributed by atoms with Gasteiger partial charge in [-0.15, -0.1) is 0 Å². The number of benzene rings is 1. The van der Waals surface area contributed by atoms with Gasteiger partial charge >= 0.3 is 0 Å². The van der Waals surface area contributed by atoms with Gasteiger partial charge in [0.2, 0.25) is 0 Å². The van der Waals surface area contributed by atoms with Crippen molar-refractivity contribution in [1.82, 2.24) is 0 Å². The van der Waals surface area contributed by atoms with E-state index in [1.165, 1.54) is 48.8 Å². The van der Waals surface area contributed by atoms with Crippen LogP contribution in [0.1, 0.15) is 61.8 Å². The molecule has 2 nitrogen and oxygen atoms in total. The molecule has 1 fully saturated rings. The summed E-state index contributed by atoms with van der Waals surface area (Å²) in [6, 6.07) is 6.56. The molecule has 112 valence electrons. The third-order valence-corrected chi connectivity index (χ3v) is 4.61. The highest BCUT2D eigenvalue weighted by Crippen LogP contribution is 2.34. The maximum absolute atomic E-state index is 6.58. The Balaban J connectivity index is 2.18. The monoisotopic (exact) mass is 275 g/mol. The van der Waals surface area contributed by atoms with Gasteiger partial charge in [0.1, 0.15) is 0 Å². The smallest absolute Gasteiger partial charge is 0.0795 e. The van der Waals surface area contributed by atoms with Gasteiger partial charge in [-0.05, 0) is 50.7 Å². The van der Waals surface area contributed by atoms with E-state index in [2.05, 4.69) is 39.0 Å². The second-order valence-corrected chi connectivity index (χ2v) is 6.20. The molecule has 1 saturated carbocycles. The highest BCUT2D eigenvalue weighted by Gasteiger charge is 2.30. The van der Waals surface area contributed by atoms with Crippen molar-refractivity contribution in [3.63, 3.8) is 0 Å². The van der Waals surface area contributed by atoms with E-state index in [1.54, 1.807) is 0 Å². The second-order valence-electron chi connectivity index (χ2n) is 6.20. The summed E-state index contributed by atoms with van der Waals surface area (Å²) in [5, 5.41) is 0. The zero-order valence-corrected chi connectivity index (χ0v) is 13.2. The Kier molecular flexibility index (Phi) is 5.62. The van der Waals surface area contributed by atoms with Crippen LogP contribution in [-0.4, -0.2) is 12.7 Å². The third kappa shape index (κ3) is 3.62. The largest absolute Gasteiger partial charge is 0.376 e. The predicted molar refractivity (Wildman–Crippen MR) is 84.8 cm³/mol. The summed E-state index contributed by atoms with van der Waals surface area (Å²) >= 11 is 0. The molecule has 1 aliphatic rings. The fourth-order valence-corrected chi connectivity index (χ4v) is 3.56. The highest BCUT2D eigenvalue weighted by atomic mass is 16.5. The number of rotatable bonds is 5. The third-order valence-electron chi connectivity index (χ3n) is 4.61. The van der Waals surface area contributed by atoms with E-state index in [1.807, 2.05) is 0 Å². The molecule has 1 aliphatic carbocycles. The molecule has 2 N–H and O–H groups in total. The highest BCUT2D eigenvalue weighted by molar-refractivity contribution is 5.33. The lowest BCUT2D eigenvalue weighted by atomic mass is 9.80. The summed E-state index contributed by atoms with van der Waals surface area (Å²) in [7, 11) is 0. The number of hydrogen-bond acceptors (Lipinski definition) is 2. The van der Waals surface area contributed by atoms with E-state index in [4.69, 9.17) is 10.5 Å². The number of ether oxygens (including phenoxy) is 1. The van der Waals surface area contributed by atoms with Gasteiger partial charge in [-0.1, -0.05) is 43.0 Å². The van der Waals surface area contributed by atoms with E-state index in [0.717, 1.165) is 6.61 Å². The quantitative estimate of drug-likeness (QED) is 0.870. The Morgan fingerprint density at radius 2 is 1.90 bits per heavy atom. The maximum atomic E-state index is 6.58. The van der Waals surface area contributed by atoms with Crippen LogP contribution in [0, 0.1) is 19.8 Å². The van der Waals surface area contributed by atoms with Crippen molar-refractivity contribution in [3.8, 4) is 0 Å². The first-order chi connectivity index (χ1) is 9.63. The number of hydrogen-bond donors (Lipinski definition) is 1. The molecule has 0 amide bonds. The van der Waals surface area contributed by atoms with Gasteiger partial charge in [0.15, 0.2) is 0 Å². The summed E-state index contributed by atoms with van der Waals surface area (Å²) in [5.74, 6) is 0.624. The van der Waals surface area contributed by atoms with E-state index >= 15 is 0 Å². The van der Waals surface area contributed by atoms with Gasteiger partial charge in [0.05, 0.1) is 12.1 Å². The Hall–Kier alpha value is -0.860. The van der Waals surface area contributed by atoms with E-state index in [-0.39, 0.29) is 12.1 Å². The topological polar surface area (TPSA) is 35.2 Å². The van der Waals surface area contributed by atoms with E-state index in [9.17, 15) is 0 Å². The molecule has 20 heavy (non-hydrogen) atoms. The molecule has 0 spiro atoms. The van der Waals surface area contributed by atoms with Gasteiger partial charge in [0, 0.05) is 6.61 Å².